The molecule has 1 aliphatic rings. The number of hydrogen-bond donors (Lipinski definition) is 2. The first-order valence-electron chi connectivity index (χ1n) is 6.46. The summed E-state index contributed by atoms with van der Waals surface area (Å²) in [5, 5.41) is 6.49. The van der Waals surface area contributed by atoms with E-state index in [9.17, 15) is 0 Å². The Morgan fingerprint density at radius 2 is 2.22 bits per heavy atom. The monoisotopic (exact) mass is 289 g/mol. The minimum absolute atomic E-state index is 0.390. The van der Waals surface area contributed by atoms with Crippen molar-refractivity contribution in [2.24, 2.45) is 5.73 Å². The van der Waals surface area contributed by atoms with Gasteiger partial charge in [-0.15, -0.1) is 11.3 Å². The minimum Gasteiger partial charge on any atom is -0.378 e. The third-order valence-corrected chi connectivity index (χ3v) is 4.27. The van der Waals surface area contributed by atoms with Crippen molar-refractivity contribution in [3.8, 4) is 0 Å². The summed E-state index contributed by atoms with van der Waals surface area (Å²) in [5.74, 6) is 0. The lowest BCUT2D eigenvalue weighted by molar-refractivity contribution is 0.0251. The van der Waals surface area contributed by atoms with Gasteiger partial charge in [0.05, 0.1) is 6.10 Å². The molecule has 0 radical (unpaired) electrons. The van der Waals surface area contributed by atoms with Crippen molar-refractivity contribution in [1.29, 1.82) is 0 Å². The van der Waals surface area contributed by atoms with Crippen molar-refractivity contribution in [3.05, 3.63) is 10.5 Å². The van der Waals surface area contributed by atoms with Crippen LogP contribution in [0.2, 0.25) is 5.15 Å². The van der Waals surface area contributed by atoms with Crippen LogP contribution in [0.4, 0.5) is 5.13 Å². The van der Waals surface area contributed by atoms with E-state index in [0.717, 1.165) is 50.4 Å². The van der Waals surface area contributed by atoms with Gasteiger partial charge in [0, 0.05) is 24.6 Å². The second-order valence-electron chi connectivity index (χ2n) is 4.66. The lowest BCUT2D eigenvalue weighted by Crippen LogP contribution is -2.30. The fourth-order valence-electron chi connectivity index (χ4n) is 2.11. The van der Waals surface area contributed by atoms with Crippen LogP contribution in [0.1, 0.15) is 32.1 Å². The number of nitrogens with zero attached hydrogens (tertiary/aromatic N) is 1. The Hall–Kier alpha value is -0.360. The third-order valence-electron chi connectivity index (χ3n) is 3.15. The lowest BCUT2D eigenvalue weighted by atomic mass is 9.94. The first kappa shape index (κ1) is 14.1. The van der Waals surface area contributed by atoms with Crippen LogP contribution in [0.3, 0.4) is 0 Å². The summed E-state index contributed by atoms with van der Waals surface area (Å²) in [6, 6.07) is 0.390. The number of rotatable bonds is 6. The number of hydrogen-bond acceptors (Lipinski definition) is 5. The Balaban J connectivity index is 1.51. The summed E-state index contributed by atoms with van der Waals surface area (Å²) in [5.41, 5.74) is 5.86. The number of anilines is 1. The van der Waals surface area contributed by atoms with Crippen LogP contribution in [-0.4, -0.2) is 30.3 Å². The summed E-state index contributed by atoms with van der Waals surface area (Å²) in [6.45, 7) is 1.67. The normalized spacial score (nSPS) is 24.1. The zero-order valence-electron chi connectivity index (χ0n) is 10.4. The molecule has 102 valence electrons. The highest BCUT2D eigenvalue weighted by Gasteiger charge is 2.18. The van der Waals surface area contributed by atoms with Gasteiger partial charge in [-0.25, -0.2) is 4.98 Å². The SMILES string of the molecule is NC1CCC(OCCCNc2nc(Cl)cs2)CC1. The summed E-state index contributed by atoms with van der Waals surface area (Å²) in [6.07, 6.45) is 5.81. The molecule has 0 aromatic carbocycles. The van der Waals surface area contributed by atoms with Crippen LogP contribution in [0.5, 0.6) is 0 Å². The van der Waals surface area contributed by atoms with Crippen molar-refractivity contribution < 1.29 is 4.74 Å². The van der Waals surface area contributed by atoms with E-state index in [0.29, 0.717) is 17.3 Å². The molecule has 1 heterocycles. The van der Waals surface area contributed by atoms with Crippen molar-refractivity contribution in [2.45, 2.75) is 44.2 Å². The zero-order chi connectivity index (χ0) is 12.8. The maximum Gasteiger partial charge on any atom is 0.184 e. The molecule has 2 rings (SSSR count). The van der Waals surface area contributed by atoms with Crippen LogP contribution in [-0.2, 0) is 4.74 Å². The Labute approximate surface area is 117 Å². The topological polar surface area (TPSA) is 60.2 Å². The molecule has 0 spiro atoms. The Morgan fingerprint density at radius 1 is 1.44 bits per heavy atom. The molecule has 0 saturated heterocycles. The predicted octanol–water partition coefficient (Wildman–Crippen LogP) is 2.89. The fraction of sp³-hybridized carbons (Fsp3) is 0.750. The molecule has 6 heteroatoms. The van der Waals surface area contributed by atoms with Gasteiger partial charge in [0.25, 0.3) is 0 Å². The second-order valence-corrected chi connectivity index (χ2v) is 5.91. The molecule has 18 heavy (non-hydrogen) atoms. The third kappa shape index (κ3) is 4.72. The van der Waals surface area contributed by atoms with E-state index in [1.165, 1.54) is 11.3 Å². The highest BCUT2D eigenvalue weighted by molar-refractivity contribution is 7.14. The van der Waals surface area contributed by atoms with Crippen LogP contribution >= 0.6 is 22.9 Å². The van der Waals surface area contributed by atoms with E-state index in [1.54, 1.807) is 0 Å². The number of aromatic nitrogens is 1. The first-order chi connectivity index (χ1) is 8.74. The Bertz CT molecular complexity index is 353. The number of ether oxygens (including phenoxy) is 1. The fourth-order valence-corrected chi connectivity index (χ4v) is 2.97. The number of nitrogens with one attached hydrogen (secondary N) is 1. The van der Waals surface area contributed by atoms with Gasteiger partial charge in [-0.2, -0.15) is 0 Å². The number of nitrogens with two attached hydrogens (primary N) is 1. The molecule has 0 unspecified atom stereocenters. The highest BCUT2D eigenvalue weighted by Crippen LogP contribution is 2.20. The van der Waals surface area contributed by atoms with Crippen LogP contribution in [0.25, 0.3) is 0 Å². The quantitative estimate of drug-likeness (QED) is 0.791. The van der Waals surface area contributed by atoms with Gasteiger partial charge in [-0.3, -0.25) is 0 Å². The average molecular weight is 290 g/mol. The smallest absolute Gasteiger partial charge is 0.184 e. The van der Waals surface area contributed by atoms with Gasteiger partial charge in [-0.05, 0) is 32.1 Å². The largest absolute Gasteiger partial charge is 0.378 e. The van der Waals surface area contributed by atoms with Crippen molar-refractivity contribution in [1.82, 2.24) is 4.98 Å². The van der Waals surface area contributed by atoms with Crippen LogP contribution in [0, 0.1) is 0 Å². The second kappa shape index (κ2) is 7.28. The van der Waals surface area contributed by atoms with Crippen molar-refractivity contribution in [3.63, 3.8) is 0 Å². The van der Waals surface area contributed by atoms with E-state index in [1.807, 2.05) is 5.38 Å². The molecular formula is C12H20ClN3OS. The predicted molar refractivity (Wildman–Crippen MR) is 76.4 cm³/mol. The molecule has 3 N–H and O–H groups in total. The van der Waals surface area contributed by atoms with E-state index in [-0.39, 0.29) is 0 Å². The molecule has 1 aromatic heterocycles. The molecule has 1 fully saturated rings. The van der Waals surface area contributed by atoms with Crippen molar-refractivity contribution >= 4 is 28.1 Å². The molecular weight excluding hydrogens is 270 g/mol. The number of thiazole rings is 1. The van der Waals surface area contributed by atoms with Gasteiger partial charge in [0.15, 0.2) is 5.13 Å². The summed E-state index contributed by atoms with van der Waals surface area (Å²) >= 11 is 7.27. The summed E-state index contributed by atoms with van der Waals surface area (Å²) in [4.78, 5) is 4.12. The Kier molecular flexibility index (Phi) is 5.69. The maximum absolute atomic E-state index is 5.86. The molecule has 1 aliphatic carbocycles. The molecule has 0 bridgehead atoms. The van der Waals surface area contributed by atoms with Crippen molar-refractivity contribution in [2.75, 3.05) is 18.5 Å². The zero-order valence-corrected chi connectivity index (χ0v) is 12.0. The highest BCUT2D eigenvalue weighted by atomic mass is 35.5. The van der Waals surface area contributed by atoms with E-state index in [2.05, 4.69) is 10.3 Å². The molecule has 1 saturated carbocycles. The van der Waals surface area contributed by atoms with Gasteiger partial charge < -0.3 is 15.8 Å². The van der Waals surface area contributed by atoms with Gasteiger partial charge in [0.1, 0.15) is 5.15 Å². The molecule has 0 amide bonds. The lowest BCUT2D eigenvalue weighted by Gasteiger charge is -2.26. The standard InChI is InChI=1S/C12H20ClN3OS/c13-11-8-18-12(16-11)15-6-1-7-17-10-4-2-9(14)3-5-10/h8-10H,1-7,14H2,(H,15,16). The van der Waals surface area contributed by atoms with Crippen LogP contribution in [0.15, 0.2) is 5.38 Å². The summed E-state index contributed by atoms with van der Waals surface area (Å²) in [7, 11) is 0. The van der Waals surface area contributed by atoms with E-state index in [4.69, 9.17) is 22.1 Å². The number of halogens is 1. The first-order valence-corrected chi connectivity index (χ1v) is 7.72. The van der Waals surface area contributed by atoms with E-state index < -0.39 is 0 Å². The molecule has 4 nitrogen and oxygen atoms in total. The molecule has 0 aliphatic heterocycles. The maximum atomic E-state index is 5.86. The summed E-state index contributed by atoms with van der Waals surface area (Å²) < 4.78 is 5.84. The molecule has 1 aromatic rings. The minimum atomic E-state index is 0.390. The van der Waals surface area contributed by atoms with Gasteiger partial charge >= 0.3 is 0 Å². The van der Waals surface area contributed by atoms with Gasteiger partial charge in [-0.1, -0.05) is 11.6 Å². The van der Waals surface area contributed by atoms with Crippen LogP contribution < -0.4 is 11.1 Å². The van der Waals surface area contributed by atoms with Gasteiger partial charge in [0.2, 0.25) is 0 Å². The Morgan fingerprint density at radius 3 is 2.89 bits per heavy atom. The van der Waals surface area contributed by atoms with E-state index >= 15 is 0 Å². The average Bonchev–Trinajstić information content (AvgIpc) is 2.77. The molecule has 0 atom stereocenters.